The lowest BCUT2D eigenvalue weighted by Gasteiger charge is -2.14. The van der Waals surface area contributed by atoms with Crippen molar-refractivity contribution in [3.8, 4) is 45.4 Å². The Hall–Kier alpha value is -4.74. The van der Waals surface area contributed by atoms with Gasteiger partial charge in [0.2, 0.25) is 17.6 Å². The molecule has 1 heterocycles. The largest absolute Gasteiger partial charge is 0.495 e. The minimum absolute atomic E-state index is 0.224. The average molecular weight is 514 g/mol. The topological polar surface area (TPSA) is 158 Å². The van der Waals surface area contributed by atoms with E-state index in [1.54, 1.807) is 30.3 Å². The van der Waals surface area contributed by atoms with Gasteiger partial charge in [-0.1, -0.05) is 11.2 Å². The molecule has 0 saturated carbocycles. The number of anilines is 1. The van der Waals surface area contributed by atoms with Crippen LogP contribution >= 0.6 is 0 Å². The van der Waals surface area contributed by atoms with Crippen molar-refractivity contribution < 1.29 is 43.0 Å². The maximum atomic E-state index is 12.4. The van der Waals surface area contributed by atoms with Gasteiger partial charge in [-0.05, 0) is 29.8 Å². The lowest BCUT2D eigenvalue weighted by molar-refractivity contribution is -0.138. The number of nitrogens with zero attached hydrogens (tertiary/aromatic N) is 1. The summed E-state index contributed by atoms with van der Waals surface area (Å²) in [4.78, 5) is 34.7. The van der Waals surface area contributed by atoms with Crippen LogP contribution in [-0.2, 0) is 14.4 Å². The van der Waals surface area contributed by atoms with E-state index in [9.17, 15) is 14.4 Å². The molecule has 0 aliphatic carbocycles. The van der Waals surface area contributed by atoms with Gasteiger partial charge in [-0.15, -0.1) is 0 Å². The van der Waals surface area contributed by atoms with Gasteiger partial charge in [-0.25, -0.2) is 0 Å². The molecule has 0 saturated heterocycles. The molecule has 196 valence electrons. The highest BCUT2D eigenvalue weighted by Gasteiger charge is 2.20. The standard InChI is InChI=1S/C25H27N3O9/c1-33-18-6-5-14(9-17(18)27-22(30)12-26-21(29)7-8-23(31)32)16-13-37-28-24(16)15-10-19(34-2)25(36-4)20(11-15)35-3/h5-6,9-11,13H,7-8,12H2,1-4H3,(H,26,29)(H,27,30)(H,31,32). The van der Waals surface area contributed by atoms with Crippen LogP contribution in [0.15, 0.2) is 41.1 Å². The van der Waals surface area contributed by atoms with Crippen LogP contribution in [0.25, 0.3) is 22.4 Å². The molecule has 2 amide bonds. The monoisotopic (exact) mass is 513 g/mol. The number of carbonyl (C=O) groups excluding carboxylic acids is 2. The molecule has 0 aliphatic rings. The first kappa shape index (κ1) is 26.9. The molecule has 3 aromatic rings. The van der Waals surface area contributed by atoms with Crippen LogP contribution in [0.5, 0.6) is 23.0 Å². The molecule has 0 radical (unpaired) electrons. The highest BCUT2D eigenvalue weighted by molar-refractivity contribution is 5.97. The summed E-state index contributed by atoms with van der Waals surface area (Å²) in [6.45, 7) is -0.338. The van der Waals surface area contributed by atoms with E-state index in [0.717, 1.165) is 0 Å². The fourth-order valence-electron chi connectivity index (χ4n) is 3.52. The Labute approximate surface area is 212 Å². The third kappa shape index (κ3) is 6.48. The Morgan fingerprint density at radius 1 is 0.865 bits per heavy atom. The lowest BCUT2D eigenvalue weighted by Crippen LogP contribution is -2.33. The second-order valence-electron chi connectivity index (χ2n) is 7.62. The highest BCUT2D eigenvalue weighted by Crippen LogP contribution is 2.43. The van der Waals surface area contributed by atoms with Gasteiger partial charge in [0.1, 0.15) is 17.7 Å². The number of nitrogens with one attached hydrogen (secondary N) is 2. The third-order valence-corrected chi connectivity index (χ3v) is 5.30. The average Bonchev–Trinajstić information content (AvgIpc) is 3.39. The zero-order valence-electron chi connectivity index (χ0n) is 20.7. The molecule has 0 spiro atoms. The quantitative estimate of drug-likeness (QED) is 0.329. The number of carboxylic acids is 1. The molecular formula is C25H27N3O9. The highest BCUT2D eigenvalue weighted by atomic mass is 16.5. The summed E-state index contributed by atoms with van der Waals surface area (Å²) in [5.74, 6) is -0.450. The third-order valence-electron chi connectivity index (χ3n) is 5.30. The minimum atomic E-state index is -1.10. The molecule has 12 nitrogen and oxygen atoms in total. The first-order valence-electron chi connectivity index (χ1n) is 11.0. The molecule has 1 aromatic heterocycles. The number of amides is 2. The zero-order valence-corrected chi connectivity index (χ0v) is 20.7. The Morgan fingerprint density at radius 3 is 2.14 bits per heavy atom. The van der Waals surface area contributed by atoms with Gasteiger partial charge in [-0.2, -0.15) is 0 Å². The van der Waals surface area contributed by atoms with Crippen molar-refractivity contribution in [2.45, 2.75) is 12.8 Å². The van der Waals surface area contributed by atoms with Gasteiger partial charge in [0.05, 0.1) is 47.1 Å². The predicted octanol–water partition coefficient (Wildman–Crippen LogP) is 2.96. The number of carbonyl (C=O) groups is 3. The Kier molecular flexibility index (Phi) is 8.92. The number of carboxylic acid groups (broad SMARTS) is 1. The van der Waals surface area contributed by atoms with Gasteiger partial charge in [0.15, 0.2) is 11.5 Å². The van der Waals surface area contributed by atoms with E-state index >= 15 is 0 Å². The van der Waals surface area contributed by atoms with E-state index in [1.807, 2.05) is 0 Å². The second kappa shape index (κ2) is 12.3. The number of ether oxygens (including phenoxy) is 4. The maximum absolute atomic E-state index is 12.4. The van der Waals surface area contributed by atoms with Crippen molar-refractivity contribution in [1.82, 2.24) is 10.5 Å². The van der Waals surface area contributed by atoms with Crippen LogP contribution in [0, 0.1) is 0 Å². The van der Waals surface area contributed by atoms with Crippen LogP contribution < -0.4 is 29.6 Å². The lowest BCUT2D eigenvalue weighted by atomic mass is 10.0. The van der Waals surface area contributed by atoms with Gasteiger partial charge in [-0.3, -0.25) is 14.4 Å². The summed E-state index contributed by atoms with van der Waals surface area (Å²) < 4.78 is 26.9. The molecule has 0 fully saturated rings. The summed E-state index contributed by atoms with van der Waals surface area (Å²) in [6.07, 6.45) is 0.920. The van der Waals surface area contributed by atoms with Crippen molar-refractivity contribution in [3.63, 3.8) is 0 Å². The van der Waals surface area contributed by atoms with E-state index in [4.69, 9.17) is 28.6 Å². The van der Waals surface area contributed by atoms with E-state index in [0.29, 0.717) is 51.1 Å². The smallest absolute Gasteiger partial charge is 0.303 e. The first-order chi connectivity index (χ1) is 17.8. The molecule has 3 N–H and O–H groups in total. The van der Waals surface area contributed by atoms with Gasteiger partial charge < -0.3 is 39.2 Å². The number of hydrogen-bond acceptors (Lipinski definition) is 9. The van der Waals surface area contributed by atoms with Crippen molar-refractivity contribution in [2.75, 3.05) is 40.3 Å². The molecule has 2 aromatic carbocycles. The number of aromatic nitrogens is 1. The molecule has 0 bridgehead atoms. The maximum Gasteiger partial charge on any atom is 0.303 e. The van der Waals surface area contributed by atoms with Crippen molar-refractivity contribution >= 4 is 23.5 Å². The summed E-state index contributed by atoms with van der Waals surface area (Å²) in [7, 11) is 5.99. The number of methoxy groups -OCH3 is 4. The van der Waals surface area contributed by atoms with Gasteiger partial charge >= 0.3 is 5.97 Å². The number of rotatable bonds is 12. The van der Waals surface area contributed by atoms with Crippen LogP contribution in [0.3, 0.4) is 0 Å². The molecule has 0 atom stereocenters. The van der Waals surface area contributed by atoms with Gasteiger partial charge in [0, 0.05) is 17.5 Å². The minimum Gasteiger partial charge on any atom is -0.495 e. The predicted molar refractivity (Wildman–Crippen MR) is 132 cm³/mol. The molecule has 0 unspecified atom stereocenters. The molecular weight excluding hydrogens is 486 g/mol. The number of aliphatic carboxylic acids is 1. The Bertz CT molecular complexity index is 1260. The van der Waals surface area contributed by atoms with Crippen molar-refractivity contribution in [2.24, 2.45) is 0 Å². The summed E-state index contributed by atoms with van der Waals surface area (Å²) >= 11 is 0. The van der Waals surface area contributed by atoms with E-state index in [-0.39, 0.29) is 19.4 Å². The summed E-state index contributed by atoms with van der Waals surface area (Å²) in [5, 5.41) is 17.9. The Balaban J connectivity index is 1.87. The van der Waals surface area contributed by atoms with Crippen molar-refractivity contribution in [3.05, 3.63) is 36.6 Å². The normalized spacial score (nSPS) is 10.4. The zero-order chi connectivity index (χ0) is 26.9. The van der Waals surface area contributed by atoms with E-state index in [1.165, 1.54) is 34.7 Å². The van der Waals surface area contributed by atoms with Crippen molar-refractivity contribution in [1.29, 1.82) is 0 Å². The summed E-state index contributed by atoms with van der Waals surface area (Å²) in [6, 6.07) is 8.60. The number of hydrogen-bond donors (Lipinski definition) is 3. The van der Waals surface area contributed by atoms with E-state index < -0.39 is 17.8 Å². The van der Waals surface area contributed by atoms with Crippen LogP contribution in [0.4, 0.5) is 5.69 Å². The van der Waals surface area contributed by atoms with Crippen LogP contribution in [0.2, 0.25) is 0 Å². The first-order valence-corrected chi connectivity index (χ1v) is 11.0. The van der Waals surface area contributed by atoms with Crippen LogP contribution in [0.1, 0.15) is 12.8 Å². The Morgan fingerprint density at radius 2 is 1.54 bits per heavy atom. The fraction of sp³-hybridized carbons (Fsp3) is 0.280. The number of benzene rings is 2. The molecule has 0 aliphatic heterocycles. The van der Waals surface area contributed by atoms with E-state index in [2.05, 4.69) is 15.8 Å². The molecule has 12 heteroatoms. The fourth-order valence-corrected chi connectivity index (χ4v) is 3.52. The second-order valence-corrected chi connectivity index (χ2v) is 7.62. The molecule has 3 rings (SSSR count). The van der Waals surface area contributed by atoms with Crippen LogP contribution in [-0.4, -0.2) is 63.0 Å². The molecule has 37 heavy (non-hydrogen) atoms. The summed E-state index contributed by atoms with van der Waals surface area (Å²) in [5.41, 5.74) is 2.76. The van der Waals surface area contributed by atoms with Gasteiger partial charge in [0.25, 0.3) is 0 Å². The SMILES string of the molecule is COc1ccc(-c2conc2-c2cc(OC)c(OC)c(OC)c2)cc1NC(=O)CNC(=O)CCC(=O)O.